The standard InChI is InChI=1S/C19H24N4O3/c1-21-16-11-13(12-7-9-20-10-8-12)3-4-14(16)23(19(21)26)15-5-6-17(24)22(2)18(15)25/h3-4,11-12,15,20H,5-10H2,1-2H3. The number of piperidine rings is 2. The summed E-state index contributed by atoms with van der Waals surface area (Å²) in [4.78, 5) is 38.4. The van der Waals surface area contributed by atoms with Crippen molar-refractivity contribution in [3.8, 4) is 0 Å². The number of nitrogens with one attached hydrogen (secondary N) is 1. The molecule has 1 N–H and O–H groups in total. The molecule has 1 unspecified atom stereocenters. The van der Waals surface area contributed by atoms with Gasteiger partial charge in [-0.2, -0.15) is 0 Å². The Labute approximate surface area is 151 Å². The number of hydrogen-bond acceptors (Lipinski definition) is 4. The largest absolute Gasteiger partial charge is 0.329 e. The van der Waals surface area contributed by atoms with E-state index in [4.69, 9.17) is 0 Å². The molecule has 1 aromatic carbocycles. The van der Waals surface area contributed by atoms with Gasteiger partial charge in [0.15, 0.2) is 0 Å². The van der Waals surface area contributed by atoms with Crippen LogP contribution in [-0.2, 0) is 16.6 Å². The number of likely N-dealkylation sites (tertiary alicyclic amines) is 1. The fourth-order valence-corrected chi connectivity index (χ4v) is 4.23. The van der Waals surface area contributed by atoms with Crippen LogP contribution < -0.4 is 11.0 Å². The Kier molecular flexibility index (Phi) is 4.19. The molecule has 2 amide bonds. The predicted molar refractivity (Wildman–Crippen MR) is 98.1 cm³/mol. The molecule has 7 heteroatoms. The average molecular weight is 356 g/mol. The zero-order valence-corrected chi connectivity index (χ0v) is 15.2. The van der Waals surface area contributed by atoms with Crippen molar-refractivity contribution in [1.82, 2.24) is 19.4 Å². The lowest BCUT2D eigenvalue weighted by Gasteiger charge is -2.28. The molecule has 0 aliphatic carbocycles. The topological polar surface area (TPSA) is 76.3 Å². The second-order valence-electron chi connectivity index (χ2n) is 7.33. The molecule has 2 aromatic rings. The van der Waals surface area contributed by atoms with Crippen LogP contribution in [0, 0.1) is 0 Å². The van der Waals surface area contributed by atoms with E-state index >= 15 is 0 Å². The predicted octanol–water partition coefficient (Wildman–Crippen LogP) is 1.13. The average Bonchev–Trinajstić information content (AvgIpc) is 2.91. The zero-order chi connectivity index (χ0) is 18.4. The highest BCUT2D eigenvalue weighted by Crippen LogP contribution is 2.30. The van der Waals surface area contributed by atoms with Gasteiger partial charge < -0.3 is 5.32 Å². The molecular formula is C19H24N4O3. The van der Waals surface area contributed by atoms with Crippen molar-refractivity contribution in [2.24, 2.45) is 7.05 Å². The third-order valence-electron chi connectivity index (χ3n) is 5.86. The second-order valence-corrected chi connectivity index (χ2v) is 7.33. The Hall–Kier alpha value is -2.41. The number of likely N-dealkylation sites (N-methyl/N-ethyl adjacent to an activating group) is 1. The third kappa shape index (κ3) is 2.58. The van der Waals surface area contributed by atoms with Gasteiger partial charge in [-0.15, -0.1) is 0 Å². The van der Waals surface area contributed by atoms with E-state index < -0.39 is 6.04 Å². The minimum Gasteiger partial charge on any atom is -0.317 e. The maximum Gasteiger partial charge on any atom is 0.329 e. The minimum atomic E-state index is -0.612. The van der Waals surface area contributed by atoms with Gasteiger partial charge in [-0.25, -0.2) is 4.79 Å². The van der Waals surface area contributed by atoms with Crippen molar-refractivity contribution in [3.05, 3.63) is 34.2 Å². The zero-order valence-electron chi connectivity index (χ0n) is 15.2. The van der Waals surface area contributed by atoms with Gasteiger partial charge in [0.05, 0.1) is 11.0 Å². The number of nitrogens with zero attached hydrogens (tertiary/aromatic N) is 3. The number of aryl methyl sites for hydroxylation is 1. The number of carbonyl (C=O) groups excluding carboxylic acids is 2. The van der Waals surface area contributed by atoms with Crippen molar-refractivity contribution < 1.29 is 9.59 Å². The van der Waals surface area contributed by atoms with Gasteiger partial charge in [0.2, 0.25) is 5.91 Å². The van der Waals surface area contributed by atoms with Crippen molar-refractivity contribution in [1.29, 1.82) is 0 Å². The molecule has 2 aliphatic heterocycles. The first-order chi connectivity index (χ1) is 12.5. The van der Waals surface area contributed by atoms with Crippen LogP contribution in [0.1, 0.15) is 43.2 Å². The summed E-state index contributed by atoms with van der Waals surface area (Å²) in [5, 5.41) is 3.37. The van der Waals surface area contributed by atoms with Crippen LogP contribution in [0.5, 0.6) is 0 Å². The minimum absolute atomic E-state index is 0.187. The van der Waals surface area contributed by atoms with Crippen LogP contribution in [0.25, 0.3) is 11.0 Å². The molecule has 1 atom stereocenters. The maximum atomic E-state index is 12.9. The monoisotopic (exact) mass is 356 g/mol. The number of hydrogen-bond donors (Lipinski definition) is 1. The molecule has 0 radical (unpaired) electrons. The molecule has 0 bridgehead atoms. The van der Waals surface area contributed by atoms with Gasteiger partial charge in [0.1, 0.15) is 6.04 Å². The highest BCUT2D eigenvalue weighted by molar-refractivity contribution is 5.99. The lowest BCUT2D eigenvalue weighted by atomic mass is 9.90. The maximum absolute atomic E-state index is 12.9. The van der Waals surface area contributed by atoms with Crippen LogP contribution in [0.2, 0.25) is 0 Å². The van der Waals surface area contributed by atoms with E-state index in [0.29, 0.717) is 12.3 Å². The number of imide groups is 1. The Balaban J connectivity index is 1.79. The van der Waals surface area contributed by atoms with Gasteiger partial charge >= 0.3 is 5.69 Å². The number of amides is 2. The molecule has 26 heavy (non-hydrogen) atoms. The van der Waals surface area contributed by atoms with Crippen LogP contribution in [0.4, 0.5) is 0 Å². The summed E-state index contributed by atoms with van der Waals surface area (Å²) in [5.41, 5.74) is 2.65. The van der Waals surface area contributed by atoms with Crippen LogP contribution in [0.15, 0.2) is 23.0 Å². The summed E-state index contributed by atoms with van der Waals surface area (Å²) in [6, 6.07) is 5.51. The quantitative estimate of drug-likeness (QED) is 0.819. The van der Waals surface area contributed by atoms with Crippen molar-refractivity contribution in [3.63, 3.8) is 0 Å². The number of aromatic nitrogens is 2. The van der Waals surface area contributed by atoms with E-state index in [1.54, 1.807) is 16.2 Å². The van der Waals surface area contributed by atoms with E-state index in [0.717, 1.165) is 41.9 Å². The van der Waals surface area contributed by atoms with Crippen molar-refractivity contribution in [2.45, 2.75) is 37.6 Å². The summed E-state index contributed by atoms with van der Waals surface area (Å²) in [6.07, 6.45) is 2.84. The molecule has 0 saturated carbocycles. The summed E-state index contributed by atoms with van der Waals surface area (Å²) in [6.45, 7) is 2.03. The van der Waals surface area contributed by atoms with Gasteiger partial charge in [-0.1, -0.05) is 6.07 Å². The van der Waals surface area contributed by atoms with Crippen LogP contribution >= 0.6 is 0 Å². The molecule has 4 rings (SSSR count). The first-order valence-corrected chi connectivity index (χ1v) is 9.21. The normalized spacial score (nSPS) is 22.4. The molecule has 3 heterocycles. The number of fused-ring (bicyclic) bond motifs is 1. The Morgan fingerprint density at radius 1 is 1.00 bits per heavy atom. The first kappa shape index (κ1) is 17.0. The van der Waals surface area contributed by atoms with Crippen LogP contribution in [-0.4, -0.2) is 46.0 Å². The van der Waals surface area contributed by atoms with Gasteiger partial charge in [-0.3, -0.25) is 23.6 Å². The summed E-state index contributed by atoms with van der Waals surface area (Å²) in [7, 11) is 3.23. The van der Waals surface area contributed by atoms with E-state index in [2.05, 4.69) is 17.4 Å². The van der Waals surface area contributed by atoms with E-state index in [1.807, 2.05) is 6.07 Å². The molecule has 2 saturated heterocycles. The van der Waals surface area contributed by atoms with E-state index in [1.165, 1.54) is 12.6 Å². The molecule has 138 valence electrons. The third-order valence-corrected chi connectivity index (χ3v) is 5.86. The smallest absolute Gasteiger partial charge is 0.317 e. The number of rotatable bonds is 2. The first-order valence-electron chi connectivity index (χ1n) is 9.21. The van der Waals surface area contributed by atoms with E-state index in [-0.39, 0.29) is 23.9 Å². The molecular weight excluding hydrogens is 332 g/mol. The number of benzene rings is 1. The summed E-state index contributed by atoms with van der Waals surface area (Å²) < 4.78 is 3.18. The molecule has 7 nitrogen and oxygen atoms in total. The summed E-state index contributed by atoms with van der Waals surface area (Å²) in [5.74, 6) is 0.00480. The lowest BCUT2D eigenvalue weighted by molar-refractivity contribution is -0.149. The fraction of sp³-hybridized carbons (Fsp3) is 0.526. The second kappa shape index (κ2) is 6.39. The van der Waals surface area contributed by atoms with Gasteiger partial charge in [-0.05, 0) is 56.0 Å². The number of imidazole rings is 1. The molecule has 2 aliphatic rings. The SMILES string of the molecule is CN1C(=O)CCC(n2c(=O)n(C)c3cc(C4CCNCC4)ccc32)C1=O. The lowest BCUT2D eigenvalue weighted by Crippen LogP contribution is -2.45. The van der Waals surface area contributed by atoms with Gasteiger partial charge in [0.25, 0.3) is 5.91 Å². The molecule has 1 aromatic heterocycles. The highest BCUT2D eigenvalue weighted by atomic mass is 16.2. The molecule has 2 fully saturated rings. The Bertz CT molecular complexity index is 936. The van der Waals surface area contributed by atoms with Crippen molar-refractivity contribution in [2.75, 3.05) is 20.1 Å². The van der Waals surface area contributed by atoms with E-state index in [9.17, 15) is 14.4 Å². The van der Waals surface area contributed by atoms with Crippen molar-refractivity contribution >= 4 is 22.8 Å². The summed E-state index contributed by atoms with van der Waals surface area (Å²) >= 11 is 0. The Morgan fingerprint density at radius 3 is 2.46 bits per heavy atom. The molecule has 0 spiro atoms. The van der Waals surface area contributed by atoms with Crippen LogP contribution in [0.3, 0.4) is 0 Å². The Morgan fingerprint density at radius 2 is 1.73 bits per heavy atom. The van der Waals surface area contributed by atoms with Gasteiger partial charge in [0, 0.05) is 20.5 Å². The fourth-order valence-electron chi connectivity index (χ4n) is 4.23. The highest BCUT2D eigenvalue weighted by Gasteiger charge is 2.35. The number of carbonyl (C=O) groups is 2.